The molecule has 6 heteroatoms. The maximum atomic E-state index is 10.3. The van der Waals surface area contributed by atoms with Crippen molar-refractivity contribution in [1.82, 2.24) is 0 Å². The van der Waals surface area contributed by atoms with Gasteiger partial charge in [-0.2, -0.15) is 0 Å². The van der Waals surface area contributed by atoms with Gasteiger partial charge < -0.3 is 29.2 Å². The minimum atomic E-state index is -1.11. The van der Waals surface area contributed by atoms with Gasteiger partial charge in [-0.25, -0.2) is 0 Å². The van der Waals surface area contributed by atoms with Crippen molar-refractivity contribution in [3.8, 4) is 0 Å². The molecule has 1 aliphatic heterocycles. The molecule has 2 unspecified atom stereocenters. The zero-order chi connectivity index (χ0) is 17.8. The predicted molar refractivity (Wildman–Crippen MR) is 91.9 cm³/mol. The van der Waals surface area contributed by atoms with Crippen LogP contribution in [0, 0.1) is 0 Å². The van der Waals surface area contributed by atoms with E-state index in [0.29, 0.717) is 19.8 Å². The summed E-state index contributed by atoms with van der Waals surface area (Å²) in [5.41, 5.74) is 0. The molecule has 0 aliphatic carbocycles. The van der Waals surface area contributed by atoms with Gasteiger partial charge in [0.05, 0.1) is 6.61 Å². The van der Waals surface area contributed by atoms with Gasteiger partial charge >= 0.3 is 0 Å². The van der Waals surface area contributed by atoms with E-state index in [2.05, 4.69) is 20.8 Å². The summed E-state index contributed by atoms with van der Waals surface area (Å²) in [6.45, 7) is 7.76. The molecule has 1 rings (SSSR count). The molecule has 1 saturated heterocycles. The summed E-state index contributed by atoms with van der Waals surface area (Å²) in [7, 11) is 0. The van der Waals surface area contributed by atoms with Crippen LogP contribution in [0.5, 0.6) is 0 Å². The quantitative estimate of drug-likeness (QED) is 0.497. The van der Waals surface area contributed by atoms with Crippen molar-refractivity contribution in [2.24, 2.45) is 0 Å². The SMILES string of the molecule is CCCCOC1[C@H](O)OC(CO)[C@@H](OCCCC)[C@@H]1OCCCC. The van der Waals surface area contributed by atoms with E-state index in [4.69, 9.17) is 18.9 Å². The van der Waals surface area contributed by atoms with Gasteiger partial charge in [0.15, 0.2) is 6.29 Å². The Morgan fingerprint density at radius 1 is 0.750 bits per heavy atom. The maximum absolute atomic E-state index is 10.3. The van der Waals surface area contributed by atoms with Gasteiger partial charge in [0.2, 0.25) is 0 Å². The fourth-order valence-corrected chi connectivity index (χ4v) is 2.70. The van der Waals surface area contributed by atoms with Gasteiger partial charge in [-0.05, 0) is 19.3 Å². The summed E-state index contributed by atoms with van der Waals surface area (Å²) in [6.07, 6.45) is 2.65. The van der Waals surface area contributed by atoms with Gasteiger partial charge in [0, 0.05) is 19.8 Å². The lowest BCUT2D eigenvalue weighted by atomic mass is 9.98. The Kier molecular flexibility index (Phi) is 11.8. The topological polar surface area (TPSA) is 77.4 Å². The van der Waals surface area contributed by atoms with Crippen molar-refractivity contribution in [3.63, 3.8) is 0 Å². The summed E-state index contributed by atoms with van der Waals surface area (Å²) in [5.74, 6) is 0. The third kappa shape index (κ3) is 6.94. The number of unbranched alkanes of at least 4 members (excludes halogenated alkanes) is 3. The van der Waals surface area contributed by atoms with E-state index in [9.17, 15) is 10.2 Å². The van der Waals surface area contributed by atoms with Crippen LogP contribution in [0.15, 0.2) is 0 Å². The molecule has 6 nitrogen and oxygen atoms in total. The Bertz CT molecular complexity index is 301. The number of ether oxygens (including phenoxy) is 4. The Labute approximate surface area is 146 Å². The minimum Gasteiger partial charge on any atom is -0.394 e. The number of aliphatic hydroxyl groups is 2. The largest absolute Gasteiger partial charge is 0.394 e. The third-order valence-electron chi connectivity index (χ3n) is 4.21. The molecule has 24 heavy (non-hydrogen) atoms. The van der Waals surface area contributed by atoms with E-state index in [0.717, 1.165) is 38.5 Å². The van der Waals surface area contributed by atoms with E-state index in [-0.39, 0.29) is 6.61 Å². The lowest BCUT2D eigenvalue weighted by molar-refractivity contribution is -0.310. The average Bonchev–Trinajstić information content (AvgIpc) is 2.58. The summed E-state index contributed by atoms with van der Waals surface area (Å²) in [6, 6.07) is 0. The first-order valence-electron chi connectivity index (χ1n) is 9.48. The molecule has 0 amide bonds. The average molecular weight is 348 g/mol. The van der Waals surface area contributed by atoms with Crippen LogP contribution in [-0.2, 0) is 18.9 Å². The summed E-state index contributed by atoms with van der Waals surface area (Å²) < 4.78 is 23.3. The molecule has 5 atom stereocenters. The molecular weight excluding hydrogens is 312 g/mol. The second kappa shape index (κ2) is 13.0. The molecule has 0 saturated carbocycles. The Hall–Kier alpha value is -0.240. The number of aliphatic hydroxyl groups excluding tert-OH is 2. The predicted octanol–water partition coefficient (Wildman–Crippen LogP) is 2.25. The highest BCUT2D eigenvalue weighted by molar-refractivity contribution is 4.92. The van der Waals surface area contributed by atoms with Gasteiger partial charge in [-0.1, -0.05) is 40.0 Å². The second-order valence-electron chi connectivity index (χ2n) is 6.31. The van der Waals surface area contributed by atoms with E-state index >= 15 is 0 Å². The molecule has 0 spiro atoms. The summed E-state index contributed by atoms with van der Waals surface area (Å²) in [5, 5.41) is 19.9. The maximum Gasteiger partial charge on any atom is 0.184 e. The van der Waals surface area contributed by atoms with Crippen LogP contribution in [0.1, 0.15) is 59.3 Å². The van der Waals surface area contributed by atoms with Crippen molar-refractivity contribution >= 4 is 0 Å². The zero-order valence-corrected chi connectivity index (χ0v) is 15.5. The van der Waals surface area contributed by atoms with Crippen LogP contribution < -0.4 is 0 Å². The fourth-order valence-electron chi connectivity index (χ4n) is 2.70. The van der Waals surface area contributed by atoms with E-state index in [1.807, 2.05) is 0 Å². The molecule has 0 aromatic heterocycles. The van der Waals surface area contributed by atoms with Gasteiger partial charge in [0.1, 0.15) is 24.4 Å². The van der Waals surface area contributed by atoms with E-state index in [1.165, 1.54) is 0 Å². The molecule has 1 aliphatic rings. The normalized spacial score (nSPS) is 30.6. The molecule has 0 aromatic carbocycles. The van der Waals surface area contributed by atoms with Crippen LogP contribution in [0.3, 0.4) is 0 Å². The monoisotopic (exact) mass is 348 g/mol. The molecule has 0 bridgehead atoms. The highest BCUT2D eigenvalue weighted by Crippen LogP contribution is 2.27. The van der Waals surface area contributed by atoms with Crippen molar-refractivity contribution in [1.29, 1.82) is 0 Å². The van der Waals surface area contributed by atoms with E-state index < -0.39 is 30.7 Å². The van der Waals surface area contributed by atoms with Crippen molar-refractivity contribution < 1.29 is 29.2 Å². The first-order chi connectivity index (χ1) is 11.7. The summed E-state index contributed by atoms with van der Waals surface area (Å²) >= 11 is 0. The molecule has 0 aromatic rings. The Balaban J connectivity index is 2.79. The van der Waals surface area contributed by atoms with E-state index in [1.54, 1.807) is 0 Å². The van der Waals surface area contributed by atoms with Crippen molar-refractivity contribution in [2.75, 3.05) is 26.4 Å². The molecule has 144 valence electrons. The first kappa shape index (κ1) is 21.8. The standard InChI is InChI=1S/C18H36O6/c1-4-7-10-21-15-14(13-19)24-18(20)17(23-12-9-6-3)16(15)22-11-8-5-2/h14-20H,4-13H2,1-3H3/t14?,15-,16+,17?,18-/m1/s1. The second-order valence-corrected chi connectivity index (χ2v) is 6.31. The zero-order valence-electron chi connectivity index (χ0n) is 15.5. The van der Waals surface area contributed by atoms with Crippen LogP contribution in [0.25, 0.3) is 0 Å². The Morgan fingerprint density at radius 3 is 1.67 bits per heavy atom. The molecule has 1 heterocycles. The lowest BCUT2D eigenvalue weighted by Crippen LogP contribution is -2.61. The molecule has 1 fully saturated rings. The smallest absolute Gasteiger partial charge is 0.184 e. The van der Waals surface area contributed by atoms with Crippen LogP contribution >= 0.6 is 0 Å². The highest BCUT2D eigenvalue weighted by Gasteiger charge is 2.47. The van der Waals surface area contributed by atoms with Crippen molar-refractivity contribution in [3.05, 3.63) is 0 Å². The van der Waals surface area contributed by atoms with Crippen LogP contribution in [0.2, 0.25) is 0 Å². The van der Waals surface area contributed by atoms with Gasteiger partial charge in [0.25, 0.3) is 0 Å². The van der Waals surface area contributed by atoms with Crippen molar-refractivity contribution in [2.45, 2.75) is 90.0 Å². The Morgan fingerprint density at radius 2 is 1.21 bits per heavy atom. The number of hydrogen-bond acceptors (Lipinski definition) is 6. The molecule has 0 radical (unpaired) electrons. The molecule has 2 N–H and O–H groups in total. The van der Waals surface area contributed by atoms with Gasteiger partial charge in [-0.3, -0.25) is 0 Å². The minimum absolute atomic E-state index is 0.219. The molecular formula is C18H36O6. The van der Waals surface area contributed by atoms with Gasteiger partial charge in [-0.15, -0.1) is 0 Å². The first-order valence-corrected chi connectivity index (χ1v) is 9.48. The number of rotatable bonds is 13. The number of hydrogen-bond donors (Lipinski definition) is 2. The lowest BCUT2D eigenvalue weighted by Gasteiger charge is -2.44. The summed E-state index contributed by atoms with van der Waals surface area (Å²) in [4.78, 5) is 0. The third-order valence-corrected chi connectivity index (χ3v) is 4.21. The van der Waals surface area contributed by atoms with Crippen LogP contribution in [0.4, 0.5) is 0 Å². The van der Waals surface area contributed by atoms with Crippen LogP contribution in [-0.4, -0.2) is 67.3 Å². The fraction of sp³-hybridized carbons (Fsp3) is 1.00. The highest BCUT2D eigenvalue weighted by atomic mass is 16.7.